The molecular weight excluding hydrogens is 440 g/mol. The first kappa shape index (κ1) is 24.7. The van der Waals surface area contributed by atoms with E-state index in [0.717, 1.165) is 24.0 Å². The van der Waals surface area contributed by atoms with Crippen LogP contribution in [0.15, 0.2) is 73.1 Å². The van der Waals surface area contributed by atoms with Crippen molar-refractivity contribution in [1.82, 2.24) is 9.88 Å². The fourth-order valence-electron chi connectivity index (χ4n) is 3.88. The number of benzene rings is 2. The summed E-state index contributed by atoms with van der Waals surface area (Å²) < 4.78 is 17.3. The minimum absolute atomic E-state index is 0.0210. The van der Waals surface area contributed by atoms with Gasteiger partial charge in [-0.3, -0.25) is 4.98 Å². The highest BCUT2D eigenvalue weighted by atomic mass is 16.6. The molecule has 6 heteroatoms. The predicted octanol–water partition coefficient (Wildman–Crippen LogP) is 5.90. The topological polar surface area (TPSA) is 60.9 Å². The Bertz CT molecular complexity index is 1110. The second-order valence-electron chi connectivity index (χ2n) is 9.83. The van der Waals surface area contributed by atoms with Gasteiger partial charge in [-0.1, -0.05) is 54.6 Å². The van der Waals surface area contributed by atoms with Gasteiger partial charge in [0.25, 0.3) is 0 Å². The third kappa shape index (κ3) is 7.30. The van der Waals surface area contributed by atoms with Crippen molar-refractivity contribution in [2.45, 2.75) is 51.9 Å². The number of likely N-dealkylation sites (tertiary alicyclic amines) is 1. The van der Waals surface area contributed by atoms with Crippen LogP contribution in [0.4, 0.5) is 4.79 Å². The Morgan fingerprint density at radius 2 is 1.80 bits per heavy atom. The average molecular weight is 475 g/mol. The first-order valence-corrected chi connectivity index (χ1v) is 12.2. The average Bonchev–Trinajstić information content (AvgIpc) is 2.81. The summed E-state index contributed by atoms with van der Waals surface area (Å²) in [6.07, 6.45) is 5.01. The SMILES string of the molecule is CC(C)(C)OC(=O)N1CCC1COc1cncc(-c2cccc(CCOCc3ccccc3)c2)c1. The van der Waals surface area contributed by atoms with E-state index in [-0.39, 0.29) is 12.1 Å². The molecule has 0 bridgehead atoms. The third-order valence-corrected chi connectivity index (χ3v) is 5.83. The van der Waals surface area contributed by atoms with Crippen molar-refractivity contribution >= 4 is 6.09 Å². The summed E-state index contributed by atoms with van der Waals surface area (Å²) in [7, 11) is 0. The van der Waals surface area contributed by atoms with E-state index in [2.05, 4.69) is 41.4 Å². The van der Waals surface area contributed by atoms with E-state index in [1.807, 2.05) is 51.2 Å². The van der Waals surface area contributed by atoms with Crippen molar-refractivity contribution < 1.29 is 19.0 Å². The summed E-state index contributed by atoms with van der Waals surface area (Å²) in [5.74, 6) is 0.690. The molecule has 6 nitrogen and oxygen atoms in total. The van der Waals surface area contributed by atoms with Crippen LogP contribution in [0.1, 0.15) is 38.3 Å². The fraction of sp³-hybridized carbons (Fsp3) is 0.379. The molecule has 1 aromatic heterocycles. The number of hydrogen-bond donors (Lipinski definition) is 0. The lowest BCUT2D eigenvalue weighted by atomic mass is 10.0. The van der Waals surface area contributed by atoms with Crippen molar-refractivity contribution in [3.63, 3.8) is 0 Å². The zero-order valence-electron chi connectivity index (χ0n) is 20.8. The molecule has 0 spiro atoms. The number of rotatable bonds is 9. The lowest BCUT2D eigenvalue weighted by Crippen LogP contribution is -2.55. The molecule has 2 aromatic carbocycles. The Labute approximate surface area is 207 Å². The number of ether oxygens (including phenoxy) is 3. The van der Waals surface area contributed by atoms with Gasteiger partial charge in [0.2, 0.25) is 0 Å². The van der Waals surface area contributed by atoms with E-state index in [1.165, 1.54) is 11.1 Å². The largest absolute Gasteiger partial charge is 0.490 e. The van der Waals surface area contributed by atoms with Crippen LogP contribution in [0.25, 0.3) is 11.1 Å². The normalized spacial score (nSPS) is 15.4. The molecule has 2 heterocycles. The molecule has 1 amide bonds. The van der Waals surface area contributed by atoms with Crippen LogP contribution in [-0.4, -0.2) is 47.4 Å². The molecule has 0 N–H and O–H groups in total. The maximum absolute atomic E-state index is 12.3. The third-order valence-electron chi connectivity index (χ3n) is 5.83. The van der Waals surface area contributed by atoms with Crippen molar-refractivity contribution in [2.75, 3.05) is 19.8 Å². The van der Waals surface area contributed by atoms with Gasteiger partial charge in [0.05, 0.1) is 25.5 Å². The second kappa shape index (κ2) is 11.4. The second-order valence-corrected chi connectivity index (χ2v) is 9.83. The van der Waals surface area contributed by atoms with Gasteiger partial charge in [-0.25, -0.2) is 4.79 Å². The molecule has 1 unspecified atom stereocenters. The molecule has 184 valence electrons. The summed E-state index contributed by atoms with van der Waals surface area (Å²) in [5, 5.41) is 0. The molecule has 1 aliphatic rings. The van der Waals surface area contributed by atoms with Crippen LogP contribution in [0.3, 0.4) is 0 Å². The fourth-order valence-corrected chi connectivity index (χ4v) is 3.88. The summed E-state index contributed by atoms with van der Waals surface area (Å²) in [4.78, 5) is 18.4. The number of carbonyl (C=O) groups is 1. The number of aromatic nitrogens is 1. The molecule has 0 aliphatic carbocycles. The number of nitrogens with zero attached hydrogens (tertiary/aromatic N) is 2. The lowest BCUT2D eigenvalue weighted by Gasteiger charge is -2.40. The number of pyridine rings is 1. The molecular formula is C29H34N2O4. The van der Waals surface area contributed by atoms with Crippen molar-refractivity contribution in [1.29, 1.82) is 0 Å². The van der Waals surface area contributed by atoms with Crippen LogP contribution in [-0.2, 0) is 22.5 Å². The first-order chi connectivity index (χ1) is 16.9. The Morgan fingerprint density at radius 1 is 1.00 bits per heavy atom. The maximum Gasteiger partial charge on any atom is 0.410 e. The Morgan fingerprint density at radius 3 is 2.54 bits per heavy atom. The highest BCUT2D eigenvalue weighted by molar-refractivity contribution is 5.69. The van der Waals surface area contributed by atoms with Gasteiger partial charge in [0.1, 0.15) is 18.0 Å². The molecule has 4 rings (SSSR count). The summed E-state index contributed by atoms with van der Waals surface area (Å²) in [5.41, 5.74) is 3.97. The molecule has 35 heavy (non-hydrogen) atoms. The minimum atomic E-state index is -0.501. The van der Waals surface area contributed by atoms with Crippen LogP contribution in [0, 0.1) is 0 Å². The van der Waals surface area contributed by atoms with Gasteiger partial charge in [-0.15, -0.1) is 0 Å². The van der Waals surface area contributed by atoms with Gasteiger partial charge >= 0.3 is 6.09 Å². The smallest absolute Gasteiger partial charge is 0.410 e. The molecule has 1 atom stereocenters. The zero-order chi connectivity index (χ0) is 24.7. The minimum Gasteiger partial charge on any atom is -0.490 e. The molecule has 0 radical (unpaired) electrons. The lowest BCUT2D eigenvalue weighted by molar-refractivity contribution is -0.0141. The van der Waals surface area contributed by atoms with Crippen LogP contribution >= 0.6 is 0 Å². The van der Waals surface area contributed by atoms with Gasteiger partial charge in [0.15, 0.2) is 0 Å². The van der Waals surface area contributed by atoms with Crippen molar-refractivity contribution in [3.05, 3.63) is 84.2 Å². The van der Waals surface area contributed by atoms with Gasteiger partial charge in [-0.2, -0.15) is 0 Å². The molecule has 1 aliphatic heterocycles. The Hall–Kier alpha value is -3.38. The number of carbonyl (C=O) groups excluding carboxylic acids is 1. The summed E-state index contributed by atoms with van der Waals surface area (Å²) in [6.45, 7) is 8.03. The van der Waals surface area contributed by atoms with Gasteiger partial charge in [-0.05, 0) is 56.4 Å². The predicted molar refractivity (Wildman–Crippen MR) is 136 cm³/mol. The van der Waals surface area contributed by atoms with Crippen molar-refractivity contribution in [2.24, 2.45) is 0 Å². The van der Waals surface area contributed by atoms with E-state index >= 15 is 0 Å². The number of hydrogen-bond acceptors (Lipinski definition) is 5. The number of amides is 1. The van der Waals surface area contributed by atoms with Crippen LogP contribution in [0.5, 0.6) is 5.75 Å². The molecule has 1 saturated heterocycles. The van der Waals surface area contributed by atoms with E-state index in [1.54, 1.807) is 11.1 Å². The molecule has 1 fully saturated rings. The standard InChI is InChI=1S/C29H34N2O4/c1-29(2,3)35-28(32)31-14-12-26(31)21-34-27-17-25(18-30-19-27)24-11-7-10-22(16-24)13-15-33-20-23-8-5-4-6-9-23/h4-11,16-19,26H,12-15,20-21H2,1-3H3. The zero-order valence-corrected chi connectivity index (χ0v) is 20.8. The molecule has 3 aromatic rings. The van der Waals surface area contributed by atoms with Crippen LogP contribution < -0.4 is 4.74 Å². The van der Waals surface area contributed by atoms with Crippen molar-refractivity contribution in [3.8, 4) is 16.9 Å². The van der Waals surface area contributed by atoms with Gasteiger partial charge < -0.3 is 19.1 Å². The van der Waals surface area contributed by atoms with E-state index < -0.39 is 5.60 Å². The van der Waals surface area contributed by atoms with Gasteiger partial charge in [0, 0.05) is 18.3 Å². The highest BCUT2D eigenvalue weighted by Crippen LogP contribution is 2.26. The monoisotopic (exact) mass is 474 g/mol. The van der Waals surface area contributed by atoms with Crippen LogP contribution in [0.2, 0.25) is 0 Å². The van der Waals surface area contributed by atoms with E-state index in [4.69, 9.17) is 14.2 Å². The Kier molecular flexibility index (Phi) is 8.03. The summed E-state index contributed by atoms with van der Waals surface area (Å²) in [6, 6.07) is 20.6. The quantitative estimate of drug-likeness (QED) is 0.362. The van der Waals surface area contributed by atoms with E-state index in [9.17, 15) is 4.79 Å². The Balaban J connectivity index is 1.29. The maximum atomic E-state index is 12.3. The first-order valence-electron chi connectivity index (χ1n) is 12.2. The highest BCUT2D eigenvalue weighted by Gasteiger charge is 2.35. The summed E-state index contributed by atoms with van der Waals surface area (Å²) >= 11 is 0. The van der Waals surface area contributed by atoms with E-state index in [0.29, 0.717) is 32.1 Å². The molecule has 0 saturated carbocycles.